The summed E-state index contributed by atoms with van der Waals surface area (Å²) in [4.78, 5) is 0. The summed E-state index contributed by atoms with van der Waals surface area (Å²) in [7, 11) is 0. The average Bonchev–Trinajstić information content (AvgIpc) is 3.36. The van der Waals surface area contributed by atoms with Gasteiger partial charge in [0.1, 0.15) is 42.7 Å². The molecule has 7 fully saturated rings. The Balaban J connectivity index is 1.04. The van der Waals surface area contributed by atoms with Gasteiger partial charge in [-0.1, -0.05) is 53.7 Å². The summed E-state index contributed by atoms with van der Waals surface area (Å²) in [6, 6.07) is 0. The molecule has 0 aromatic rings. The molecule has 5 aliphatic carbocycles. The predicted octanol–water partition coefficient (Wildman–Crippen LogP) is 2.81. The number of ether oxygens (including phenoxy) is 5. The molecule has 3 saturated heterocycles. The zero-order chi connectivity index (χ0) is 39.0. The van der Waals surface area contributed by atoms with Crippen LogP contribution in [0.3, 0.4) is 0 Å². The fourth-order valence-corrected chi connectivity index (χ4v) is 14.2. The molecule has 308 valence electrons. The minimum Gasteiger partial charge on any atom is -0.396 e. The van der Waals surface area contributed by atoms with Crippen molar-refractivity contribution >= 4 is 0 Å². The molecule has 12 nitrogen and oxygen atoms in total. The Morgan fingerprint density at radius 2 is 1.43 bits per heavy atom. The largest absolute Gasteiger partial charge is 0.396 e. The normalized spacial score (nSPS) is 59.1. The quantitative estimate of drug-likeness (QED) is 0.155. The maximum atomic E-state index is 11.6. The number of rotatable bonds is 6. The van der Waals surface area contributed by atoms with Crippen LogP contribution in [0.4, 0.5) is 0 Å². The van der Waals surface area contributed by atoms with Gasteiger partial charge in [0.15, 0.2) is 12.6 Å². The molecule has 8 rings (SSSR count). The first-order valence-electron chi connectivity index (χ1n) is 20.8. The molecular weight excluding hydrogens is 696 g/mol. The molecule has 0 aromatic heterocycles. The lowest BCUT2D eigenvalue weighted by molar-refractivity contribution is -0.367. The van der Waals surface area contributed by atoms with Gasteiger partial charge in [-0.3, -0.25) is 0 Å². The molecule has 8 aliphatic rings. The molecule has 1 spiro atoms. The van der Waals surface area contributed by atoms with E-state index in [0.717, 1.165) is 25.9 Å². The van der Waals surface area contributed by atoms with E-state index in [0.29, 0.717) is 17.8 Å². The fourth-order valence-electron chi connectivity index (χ4n) is 14.2. The van der Waals surface area contributed by atoms with Gasteiger partial charge in [-0.15, -0.1) is 0 Å². The average molecular weight is 765 g/mol. The Morgan fingerprint density at radius 1 is 0.722 bits per heavy atom. The van der Waals surface area contributed by atoms with E-state index in [2.05, 4.69) is 53.7 Å². The van der Waals surface area contributed by atoms with Crippen molar-refractivity contribution in [1.29, 1.82) is 0 Å². The van der Waals surface area contributed by atoms with Crippen LogP contribution < -0.4 is 0 Å². The van der Waals surface area contributed by atoms with Crippen LogP contribution in [0.1, 0.15) is 106 Å². The van der Waals surface area contributed by atoms with Gasteiger partial charge in [-0.25, -0.2) is 0 Å². The number of aliphatic hydroxyl groups is 7. The molecule has 12 heteroatoms. The molecule has 3 unspecified atom stereocenters. The van der Waals surface area contributed by atoms with E-state index in [-0.39, 0.29) is 45.7 Å². The highest BCUT2D eigenvalue weighted by Crippen LogP contribution is 2.79. The fraction of sp³-hybridized carbons (Fsp3) is 0.952. The maximum Gasteiger partial charge on any atom is 0.187 e. The second kappa shape index (κ2) is 13.1. The molecule has 0 aromatic carbocycles. The Morgan fingerprint density at radius 3 is 2.13 bits per heavy atom. The minimum atomic E-state index is -1.71. The van der Waals surface area contributed by atoms with Gasteiger partial charge in [-0.2, -0.15) is 0 Å². The van der Waals surface area contributed by atoms with Crippen molar-refractivity contribution in [2.75, 3.05) is 19.8 Å². The lowest BCUT2D eigenvalue weighted by atomic mass is 9.32. The molecule has 0 amide bonds. The highest BCUT2D eigenvalue weighted by atomic mass is 16.7. The van der Waals surface area contributed by atoms with Crippen molar-refractivity contribution in [2.45, 2.75) is 179 Å². The monoisotopic (exact) mass is 764 g/mol. The van der Waals surface area contributed by atoms with Crippen molar-refractivity contribution in [3.63, 3.8) is 0 Å². The standard InChI is InChI=1S/C42H68O12/c1-22-28(45)33(54-34-31(48)30(47)29(46)23(19-43)52-34)32(49)35(51-22)53-27-10-11-37(4)24(38(27,5)20-44)8-12-39(6)25(37)9-13-42-26-18-36(2,3)14-16-41(26,21-50-42)17-15-40(39,42)7/h9,13,22-35,43-49H,8,10-12,14-21H2,1-7H3/t22-,23?,24-,25-,26-,27+,28+,29-,30?,31?,32-,33+,34+,35+,37+,38+,39-,40+,41-,42+/m1/s1. The number of fused-ring (bicyclic) bond motifs is 4. The summed E-state index contributed by atoms with van der Waals surface area (Å²) < 4.78 is 31.4. The summed E-state index contributed by atoms with van der Waals surface area (Å²) in [5, 5.41) is 74.8. The van der Waals surface area contributed by atoms with E-state index in [4.69, 9.17) is 23.7 Å². The topological polar surface area (TPSA) is 188 Å². The Kier molecular flexibility index (Phi) is 9.74. The minimum absolute atomic E-state index is 0.00162. The van der Waals surface area contributed by atoms with E-state index in [9.17, 15) is 35.7 Å². The SMILES string of the molecule is C[C@H]1O[C@@H](O[C@H]2CC[C@@]3(C)[C@@H](CC[C@]4(C)[C@@H]3C=C[C@]35OC[C@@]6(CCC(C)(C)C[C@H]63)CC[C@]54C)[C@]2(C)CO)[C@H](O)[C@@H](O[C@@H]2OC(CO)[C@@H](O)C(O)C2O)[C@H]1O. The van der Waals surface area contributed by atoms with E-state index in [1.165, 1.54) is 32.1 Å². The first kappa shape index (κ1) is 40.1. The first-order valence-corrected chi connectivity index (χ1v) is 20.8. The Hall–Kier alpha value is -0.740. The number of hydrogen-bond acceptors (Lipinski definition) is 12. The number of hydrogen-bond donors (Lipinski definition) is 7. The Labute approximate surface area is 320 Å². The van der Waals surface area contributed by atoms with Crippen molar-refractivity contribution in [1.82, 2.24) is 0 Å². The van der Waals surface area contributed by atoms with Gasteiger partial charge >= 0.3 is 0 Å². The summed E-state index contributed by atoms with van der Waals surface area (Å²) in [6.07, 6.45) is 0.0718. The van der Waals surface area contributed by atoms with Crippen LogP contribution in [0.2, 0.25) is 0 Å². The van der Waals surface area contributed by atoms with E-state index in [1.54, 1.807) is 6.92 Å². The highest BCUT2D eigenvalue weighted by molar-refractivity contribution is 5.34. The van der Waals surface area contributed by atoms with Crippen molar-refractivity contribution < 1.29 is 59.4 Å². The number of aliphatic hydroxyl groups excluding tert-OH is 7. The molecular formula is C42H68O12. The van der Waals surface area contributed by atoms with E-state index in [1.807, 2.05) is 0 Å². The molecule has 54 heavy (non-hydrogen) atoms. The smallest absolute Gasteiger partial charge is 0.187 e. The lowest BCUT2D eigenvalue weighted by Crippen LogP contribution is -2.71. The molecule has 0 radical (unpaired) electrons. The van der Waals surface area contributed by atoms with Crippen molar-refractivity contribution in [2.24, 2.45) is 50.2 Å². The van der Waals surface area contributed by atoms with Gasteiger partial charge in [0.05, 0.1) is 37.6 Å². The third-order valence-corrected chi connectivity index (χ3v) is 17.9. The molecule has 3 aliphatic heterocycles. The third-order valence-electron chi connectivity index (χ3n) is 17.9. The van der Waals surface area contributed by atoms with Gasteiger partial charge in [0.25, 0.3) is 0 Å². The van der Waals surface area contributed by atoms with E-state index < -0.39 is 79.5 Å². The number of allylic oxidation sites excluding steroid dienone is 1. The summed E-state index contributed by atoms with van der Waals surface area (Å²) in [6.45, 7) is 16.2. The third kappa shape index (κ3) is 5.30. The van der Waals surface area contributed by atoms with Crippen LogP contribution in [0.25, 0.3) is 0 Å². The lowest BCUT2D eigenvalue weighted by Gasteiger charge is -2.73. The molecule has 2 bridgehead atoms. The second-order valence-electron chi connectivity index (χ2n) is 20.9. The summed E-state index contributed by atoms with van der Waals surface area (Å²) in [5.41, 5.74) is -0.502. The van der Waals surface area contributed by atoms with Crippen LogP contribution in [0.15, 0.2) is 12.2 Å². The van der Waals surface area contributed by atoms with Crippen molar-refractivity contribution in [3.05, 3.63) is 12.2 Å². The van der Waals surface area contributed by atoms with Crippen LogP contribution in [0.5, 0.6) is 0 Å². The highest BCUT2D eigenvalue weighted by Gasteiger charge is 2.77. The van der Waals surface area contributed by atoms with E-state index >= 15 is 0 Å². The summed E-state index contributed by atoms with van der Waals surface area (Å²) >= 11 is 0. The predicted molar refractivity (Wildman–Crippen MR) is 195 cm³/mol. The molecule has 3 heterocycles. The van der Waals surface area contributed by atoms with Gasteiger partial charge in [-0.05, 0) is 98.2 Å². The van der Waals surface area contributed by atoms with Crippen LogP contribution in [-0.4, -0.2) is 129 Å². The van der Waals surface area contributed by atoms with Gasteiger partial charge in [0, 0.05) is 16.7 Å². The first-order chi connectivity index (χ1) is 25.3. The maximum absolute atomic E-state index is 11.6. The van der Waals surface area contributed by atoms with Crippen LogP contribution in [0, 0.1) is 50.2 Å². The van der Waals surface area contributed by atoms with Gasteiger partial charge in [0.2, 0.25) is 0 Å². The van der Waals surface area contributed by atoms with Crippen LogP contribution in [-0.2, 0) is 23.7 Å². The zero-order valence-electron chi connectivity index (χ0n) is 33.4. The van der Waals surface area contributed by atoms with Crippen LogP contribution >= 0.6 is 0 Å². The molecule has 20 atom stereocenters. The second-order valence-corrected chi connectivity index (χ2v) is 20.9. The Bertz CT molecular complexity index is 1460. The molecule has 7 N–H and O–H groups in total. The molecule has 4 saturated carbocycles. The summed E-state index contributed by atoms with van der Waals surface area (Å²) in [5.74, 6) is 0.914. The van der Waals surface area contributed by atoms with Crippen molar-refractivity contribution in [3.8, 4) is 0 Å². The van der Waals surface area contributed by atoms with Gasteiger partial charge < -0.3 is 59.4 Å². The zero-order valence-corrected chi connectivity index (χ0v) is 33.4.